The van der Waals surface area contributed by atoms with Crippen molar-refractivity contribution in [1.82, 2.24) is 0 Å². The SMILES string of the molecule is CC12CCC3C(CCC4CCCCC43C)C1CCC(=O)C2. The van der Waals surface area contributed by atoms with Crippen molar-refractivity contribution in [3.8, 4) is 0 Å². The topological polar surface area (TPSA) is 17.1 Å². The molecule has 4 fully saturated rings. The van der Waals surface area contributed by atoms with Crippen LogP contribution in [-0.4, -0.2) is 5.78 Å². The molecular weight excluding hydrogens is 256 g/mol. The van der Waals surface area contributed by atoms with Crippen molar-refractivity contribution in [2.45, 2.75) is 84.5 Å². The lowest BCUT2D eigenvalue weighted by Crippen LogP contribution is -2.54. The van der Waals surface area contributed by atoms with Crippen LogP contribution in [0.15, 0.2) is 0 Å². The second kappa shape index (κ2) is 4.83. The summed E-state index contributed by atoms with van der Waals surface area (Å²) in [6.07, 6.45) is 14.6. The summed E-state index contributed by atoms with van der Waals surface area (Å²) in [5.41, 5.74) is 0.998. The van der Waals surface area contributed by atoms with Gasteiger partial charge in [-0.25, -0.2) is 0 Å². The van der Waals surface area contributed by atoms with E-state index in [1.54, 1.807) is 0 Å². The number of carbonyl (C=O) groups is 1. The Balaban J connectivity index is 1.63. The van der Waals surface area contributed by atoms with E-state index in [4.69, 9.17) is 0 Å². The van der Waals surface area contributed by atoms with Gasteiger partial charge in [-0.3, -0.25) is 4.79 Å². The van der Waals surface area contributed by atoms with Crippen molar-refractivity contribution in [2.75, 3.05) is 0 Å². The summed E-state index contributed by atoms with van der Waals surface area (Å²) in [6, 6.07) is 0. The summed E-state index contributed by atoms with van der Waals surface area (Å²) >= 11 is 0. The molecule has 0 aromatic rings. The van der Waals surface area contributed by atoms with Gasteiger partial charge in [-0.15, -0.1) is 0 Å². The van der Waals surface area contributed by atoms with Crippen LogP contribution in [0.2, 0.25) is 0 Å². The van der Waals surface area contributed by atoms with E-state index in [0.29, 0.717) is 16.6 Å². The minimum atomic E-state index is 0.356. The fourth-order valence-corrected chi connectivity index (χ4v) is 7.33. The van der Waals surface area contributed by atoms with Gasteiger partial charge < -0.3 is 0 Å². The third-order valence-corrected chi connectivity index (χ3v) is 8.44. The largest absolute Gasteiger partial charge is 0.300 e. The van der Waals surface area contributed by atoms with Gasteiger partial charge >= 0.3 is 0 Å². The van der Waals surface area contributed by atoms with Gasteiger partial charge in [0.05, 0.1) is 0 Å². The van der Waals surface area contributed by atoms with Crippen LogP contribution in [0.4, 0.5) is 0 Å². The standard InChI is InChI=1S/C20H32O/c1-19-12-10-18-16(17(19)9-7-15(21)13-19)8-6-14-5-3-4-11-20(14,18)2/h14,16-18H,3-13H2,1-2H3. The van der Waals surface area contributed by atoms with Crippen LogP contribution >= 0.6 is 0 Å². The van der Waals surface area contributed by atoms with E-state index in [2.05, 4.69) is 13.8 Å². The summed E-state index contributed by atoms with van der Waals surface area (Å²) in [5, 5.41) is 0. The predicted octanol–water partition coefficient (Wildman–Crippen LogP) is 5.38. The average molecular weight is 288 g/mol. The second-order valence-electron chi connectivity index (χ2n) is 9.35. The molecule has 0 aliphatic heterocycles. The predicted molar refractivity (Wildman–Crippen MR) is 86.0 cm³/mol. The Hall–Kier alpha value is -0.330. The van der Waals surface area contributed by atoms with Crippen LogP contribution in [0, 0.1) is 34.5 Å². The smallest absolute Gasteiger partial charge is 0.133 e. The van der Waals surface area contributed by atoms with Crippen molar-refractivity contribution >= 4 is 5.78 Å². The zero-order valence-electron chi connectivity index (χ0n) is 14.0. The Morgan fingerprint density at radius 2 is 1.76 bits per heavy atom. The molecule has 4 aliphatic rings. The van der Waals surface area contributed by atoms with Crippen molar-refractivity contribution in [1.29, 1.82) is 0 Å². The molecule has 0 spiro atoms. The average Bonchev–Trinajstić information content (AvgIpc) is 2.45. The normalized spacial score (nSPS) is 53.5. The first-order valence-electron chi connectivity index (χ1n) is 9.55. The van der Waals surface area contributed by atoms with Gasteiger partial charge in [-0.2, -0.15) is 0 Å². The number of carbonyl (C=O) groups excluding carboxylic acids is 1. The highest BCUT2D eigenvalue weighted by atomic mass is 16.1. The highest BCUT2D eigenvalue weighted by Gasteiger charge is 2.57. The quantitative estimate of drug-likeness (QED) is 0.585. The Labute approximate surface area is 130 Å². The molecule has 21 heavy (non-hydrogen) atoms. The number of hydrogen-bond donors (Lipinski definition) is 0. The summed E-state index contributed by atoms with van der Waals surface area (Å²) in [6.45, 7) is 5.09. The lowest BCUT2D eigenvalue weighted by molar-refractivity contribution is -0.143. The maximum Gasteiger partial charge on any atom is 0.133 e. The number of hydrogen-bond acceptors (Lipinski definition) is 1. The molecule has 4 saturated carbocycles. The van der Waals surface area contributed by atoms with E-state index < -0.39 is 0 Å². The molecule has 4 rings (SSSR count). The minimum Gasteiger partial charge on any atom is -0.300 e. The van der Waals surface area contributed by atoms with E-state index >= 15 is 0 Å². The molecule has 6 atom stereocenters. The van der Waals surface area contributed by atoms with Crippen molar-refractivity contribution in [3.05, 3.63) is 0 Å². The maximum atomic E-state index is 12.0. The van der Waals surface area contributed by atoms with Crippen LogP contribution < -0.4 is 0 Å². The van der Waals surface area contributed by atoms with Gasteiger partial charge in [-0.05, 0) is 79.4 Å². The maximum absolute atomic E-state index is 12.0. The number of ketones is 1. The monoisotopic (exact) mass is 288 g/mol. The third-order valence-electron chi connectivity index (χ3n) is 8.44. The summed E-state index contributed by atoms with van der Waals surface area (Å²) in [7, 11) is 0. The third kappa shape index (κ3) is 2.05. The van der Waals surface area contributed by atoms with Crippen LogP contribution in [0.1, 0.15) is 84.5 Å². The molecule has 0 aromatic carbocycles. The van der Waals surface area contributed by atoms with Gasteiger partial charge in [-0.1, -0.05) is 26.7 Å². The fraction of sp³-hybridized carbons (Fsp3) is 0.950. The molecule has 6 unspecified atom stereocenters. The lowest BCUT2D eigenvalue weighted by Gasteiger charge is -2.62. The molecule has 0 heterocycles. The van der Waals surface area contributed by atoms with Crippen LogP contribution in [0.3, 0.4) is 0 Å². The van der Waals surface area contributed by atoms with Crippen LogP contribution in [-0.2, 0) is 4.79 Å². The van der Waals surface area contributed by atoms with E-state index in [1.807, 2.05) is 0 Å². The highest BCUT2D eigenvalue weighted by molar-refractivity contribution is 5.80. The van der Waals surface area contributed by atoms with Gasteiger partial charge in [0.2, 0.25) is 0 Å². The van der Waals surface area contributed by atoms with Crippen LogP contribution in [0.25, 0.3) is 0 Å². The molecule has 0 saturated heterocycles. The van der Waals surface area contributed by atoms with Gasteiger partial charge in [0.15, 0.2) is 0 Å². The van der Waals surface area contributed by atoms with Gasteiger partial charge in [0.25, 0.3) is 0 Å². The molecule has 1 nitrogen and oxygen atoms in total. The Bertz CT molecular complexity index is 441. The molecule has 0 bridgehead atoms. The molecule has 0 radical (unpaired) electrons. The molecule has 1 heteroatoms. The number of fused-ring (bicyclic) bond motifs is 5. The van der Waals surface area contributed by atoms with Gasteiger partial charge in [0.1, 0.15) is 5.78 Å². The van der Waals surface area contributed by atoms with Crippen molar-refractivity contribution in [3.63, 3.8) is 0 Å². The first kappa shape index (κ1) is 14.3. The highest BCUT2D eigenvalue weighted by Crippen LogP contribution is 2.65. The Morgan fingerprint density at radius 1 is 0.905 bits per heavy atom. The summed E-state index contributed by atoms with van der Waals surface area (Å²) in [4.78, 5) is 12.0. The second-order valence-corrected chi connectivity index (χ2v) is 9.35. The van der Waals surface area contributed by atoms with E-state index in [9.17, 15) is 4.79 Å². The van der Waals surface area contributed by atoms with Crippen molar-refractivity contribution < 1.29 is 4.79 Å². The molecule has 4 aliphatic carbocycles. The summed E-state index contributed by atoms with van der Waals surface area (Å²) in [5.74, 6) is 4.33. The van der Waals surface area contributed by atoms with E-state index in [-0.39, 0.29) is 0 Å². The molecule has 0 N–H and O–H groups in total. The number of rotatable bonds is 0. The first-order chi connectivity index (χ1) is 10.0. The van der Waals surface area contributed by atoms with E-state index in [1.165, 1.54) is 57.8 Å². The molecular formula is C20H32O. The first-order valence-corrected chi connectivity index (χ1v) is 9.55. The zero-order chi connectivity index (χ0) is 14.7. The van der Waals surface area contributed by atoms with E-state index in [0.717, 1.165) is 36.5 Å². The Morgan fingerprint density at radius 3 is 2.62 bits per heavy atom. The summed E-state index contributed by atoms with van der Waals surface area (Å²) < 4.78 is 0. The fourth-order valence-electron chi connectivity index (χ4n) is 7.33. The molecule has 0 amide bonds. The lowest BCUT2D eigenvalue weighted by atomic mass is 9.43. The Kier molecular flexibility index (Phi) is 3.28. The zero-order valence-corrected chi connectivity index (χ0v) is 14.0. The molecule has 118 valence electrons. The van der Waals surface area contributed by atoms with Gasteiger partial charge in [0, 0.05) is 12.8 Å². The van der Waals surface area contributed by atoms with Crippen molar-refractivity contribution in [2.24, 2.45) is 34.5 Å². The number of Topliss-reactive ketones (excluding diaryl/α,β-unsaturated/α-hetero) is 1. The minimum absolute atomic E-state index is 0.356. The van der Waals surface area contributed by atoms with Crippen LogP contribution in [0.5, 0.6) is 0 Å². The molecule has 0 aromatic heterocycles.